The van der Waals surface area contributed by atoms with Crippen molar-refractivity contribution in [3.8, 4) is 11.5 Å². The Morgan fingerprint density at radius 2 is 1.85 bits per heavy atom. The number of hydrogen-bond acceptors (Lipinski definition) is 5. The van der Waals surface area contributed by atoms with E-state index in [9.17, 15) is 0 Å². The molecule has 2 aromatic carbocycles. The number of benzene rings is 2. The summed E-state index contributed by atoms with van der Waals surface area (Å²) in [6.07, 6.45) is 3.16. The lowest BCUT2D eigenvalue weighted by atomic mass is 10.1. The van der Waals surface area contributed by atoms with Crippen LogP contribution in [0.15, 0.2) is 49.1 Å². The molecule has 0 fully saturated rings. The molecule has 0 spiro atoms. The predicted octanol–water partition coefficient (Wildman–Crippen LogP) is 3.96. The molecule has 0 aliphatic heterocycles. The van der Waals surface area contributed by atoms with E-state index in [1.54, 1.807) is 23.4 Å². The molecule has 0 bridgehead atoms. The van der Waals surface area contributed by atoms with Crippen molar-refractivity contribution in [2.24, 2.45) is 0 Å². The van der Waals surface area contributed by atoms with Gasteiger partial charge in [0.05, 0.1) is 13.2 Å². The van der Waals surface area contributed by atoms with E-state index >= 15 is 0 Å². The fraction of sp³-hybridized carbons (Fsp3) is 0.263. The summed E-state index contributed by atoms with van der Waals surface area (Å²) in [6.45, 7) is 5.50. The molecule has 6 nitrogen and oxygen atoms in total. The van der Waals surface area contributed by atoms with Crippen molar-refractivity contribution in [3.63, 3.8) is 0 Å². The molecule has 0 radical (unpaired) electrons. The predicted molar refractivity (Wildman–Crippen MR) is 101 cm³/mol. The van der Waals surface area contributed by atoms with Gasteiger partial charge in [0.25, 0.3) is 0 Å². The van der Waals surface area contributed by atoms with Gasteiger partial charge < -0.3 is 14.9 Å². The van der Waals surface area contributed by atoms with Gasteiger partial charge in [0.15, 0.2) is 11.5 Å². The van der Waals surface area contributed by atoms with Crippen LogP contribution in [0.4, 0.5) is 0 Å². The van der Waals surface area contributed by atoms with E-state index in [1.807, 2.05) is 25.1 Å². The molecule has 1 heterocycles. The number of halogens is 1. The summed E-state index contributed by atoms with van der Waals surface area (Å²) in [4.78, 5) is 0. The molecule has 7 heteroatoms. The van der Waals surface area contributed by atoms with Crippen LogP contribution in [0, 0.1) is 6.92 Å². The molecule has 0 aliphatic rings. The zero-order chi connectivity index (χ0) is 18.4. The molecule has 0 amide bonds. The van der Waals surface area contributed by atoms with Crippen molar-refractivity contribution < 1.29 is 9.47 Å². The fourth-order valence-corrected chi connectivity index (χ4v) is 2.74. The third-order valence-corrected chi connectivity index (χ3v) is 4.11. The summed E-state index contributed by atoms with van der Waals surface area (Å²) in [6, 6.07) is 11.9. The zero-order valence-corrected chi connectivity index (χ0v) is 15.5. The van der Waals surface area contributed by atoms with E-state index in [2.05, 4.69) is 34.7 Å². The average Bonchev–Trinajstić information content (AvgIpc) is 3.14. The van der Waals surface area contributed by atoms with Gasteiger partial charge in [-0.05, 0) is 31.0 Å². The minimum atomic E-state index is 0.455. The Balaban J connectivity index is 1.75. The quantitative estimate of drug-likeness (QED) is 0.648. The highest BCUT2D eigenvalue weighted by atomic mass is 35.5. The van der Waals surface area contributed by atoms with E-state index in [0.29, 0.717) is 36.3 Å². The molecule has 3 rings (SSSR count). The third kappa shape index (κ3) is 4.67. The normalized spacial score (nSPS) is 10.6. The van der Waals surface area contributed by atoms with Crippen molar-refractivity contribution in [2.45, 2.75) is 27.0 Å². The number of aryl methyl sites for hydroxylation is 1. The highest BCUT2D eigenvalue weighted by molar-refractivity contribution is 6.31. The van der Waals surface area contributed by atoms with Crippen molar-refractivity contribution >= 4 is 11.6 Å². The maximum absolute atomic E-state index is 6.43. The lowest BCUT2D eigenvalue weighted by molar-refractivity contribution is 0.269. The Bertz CT molecular complexity index is 853. The molecule has 0 unspecified atom stereocenters. The van der Waals surface area contributed by atoms with Gasteiger partial charge in [-0.1, -0.05) is 41.4 Å². The number of ether oxygens (including phenoxy) is 2. The summed E-state index contributed by atoms with van der Waals surface area (Å²) in [5, 5.41) is 8.11. The highest BCUT2D eigenvalue weighted by Crippen LogP contribution is 2.34. The summed E-state index contributed by atoms with van der Waals surface area (Å²) >= 11 is 6.43. The van der Waals surface area contributed by atoms with Crippen LogP contribution in [-0.2, 0) is 13.2 Å². The van der Waals surface area contributed by atoms with Crippen molar-refractivity contribution in [3.05, 3.63) is 70.8 Å². The number of rotatable bonds is 8. The smallest absolute Gasteiger partial charge is 0.163 e. The second kappa shape index (κ2) is 8.58. The average molecular weight is 373 g/mol. The zero-order valence-electron chi connectivity index (χ0n) is 14.8. The Labute approximate surface area is 157 Å². The Hall–Kier alpha value is -2.73. The third-order valence-electron chi connectivity index (χ3n) is 3.76. The van der Waals surface area contributed by atoms with E-state index in [0.717, 1.165) is 11.1 Å². The number of aromatic nitrogens is 3. The van der Waals surface area contributed by atoms with E-state index < -0.39 is 0 Å². The summed E-state index contributed by atoms with van der Waals surface area (Å²) in [7, 11) is 0. The monoisotopic (exact) mass is 372 g/mol. The first-order valence-electron chi connectivity index (χ1n) is 8.37. The van der Waals surface area contributed by atoms with Gasteiger partial charge in [0, 0.05) is 11.1 Å². The molecule has 136 valence electrons. The molecular weight excluding hydrogens is 352 g/mol. The topological polar surface area (TPSA) is 61.2 Å². The summed E-state index contributed by atoms with van der Waals surface area (Å²) < 4.78 is 13.4. The van der Waals surface area contributed by atoms with E-state index in [4.69, 9.17) is 21.1 Å². The number of nitrogens with zero attached hydrogens (tertiary/aromatic N) is 3. The second-order valence-electron chi connectivity index (χ2n) is 5.81. The van der Waals surface area contributed by atoms with Crippen molar-refractivity contribution in [1.29, 1.82) is 0 Å². The Morgan fingerprint density at radius 1 is 1.08 bits per heavy atom. The van der Waals surface area contributed by atoms with Gasteiger partial charge >= 0.3 is 0 Å². The minimum Gasteiger partial charge on any atom is -0.490 e. The van der Waals surface area contributed by atoms with Gasteiger partial charge in [-0.2, -0.15) is 0 Å². The van der Waals surface area contributed by atoms with Crippen LogP contribution in [0.2, 0.25) is 5.02 Å². The SMILES string of the molecule is CCOc1cc(CNn2cnnc2)c(Cl)cc1OCc1cccc(C)c1. The van der Waals surface area contributed by atoms with E-state index in [-0.39, 0.29) is 0 Å². The number of hydrogen-bond donors (Lipinski definition) is 1. The first kappa shape index (κ1) is 18.1. The molecule has 0 saturated carbocycles. The van der Waals surface area contributed by atoms with Gasteiger partial charge in [-0.3, -0.25) is 0 Å². The van der Waals surface area contributed by atoms with Gasteiger partial charge in [-0.15, -0.1) is 10.2 Å². The Kier molecular flexibility index (Phi) is 5.96. The van der Waals surface area contributed by atoms with Gasteiger partial charge in [-0.25, -0.2) is 4.68 Å². The first-order chi connectivity index (χ1) is 12.7. The van der Waals surface area contributed by atoms with Crippen molar-refractivity contribution in [2.75, 3.05) is 12.0 Å². The van der Waals surface area contributed by atoms with Gasteiger partial charge in [0.1, 0.15) is 19.3 Å². The maximum atomic E-state index is 6.43. The lowest BCUT2D eigenvalue weighted by Gasteiger charge is -2.16. The van der Waals surface area contributed by atoms with Crippen LogP contribution in [0.3, 0.4) is 0 Å². The second-order valence-corrected chi connectivity index (χ2v) is 6.21. The summed E-state index contributed by atoms with van der Waals surface area (Å²) in [5.41, 5.74) is 6.34. The molecule has 0 aliphatic carbocycles. The fourth-order valence-electron chi connectivity index (χ4n) is 2.52. The molecule has 0 atom stereocenters. The van der Waals surface area contributed by atoms with Crippen LogP contribution in [0.5, 0.6) is 11.5 Å². The van der Waals surface area contributed by atoms with Crippen molar-refractivity contribution in [1.82, 2.24) is 14.9 Å². The molecular formula is C19H21ClN4O2. The Morgan fingerprint density at radius 3 is 2.58 bits per heavy atom. The summed E-state index contributed by atoms with van der Waals surface area (Å²) in [5.74, 6) is 1.30. The molecule has 1 aromatic heterocycles. The molecule has 0 saturated heterocycles. The minimum absolute atomic E-state index is 0.455. The van der Waals surface area contributed by atoms with Crippen LogP contribution in [-0.4, -0.2) is 21.5 Å². The van der Waals surface area contributed by atoms with Crippen LogP contribution in [0.1, 0.15) is 23.6 Å². The van der Waals surface area contributed by atoms with Crippen LogP contribution < -0.4 is 14.9 Å². The lowest BCUT2D eigenvalue weighted by Crippen LogP contribution is -2.12. The van der Waals surface area contributed by atoms with Gasteiger partial charge in [0.2, 0.25) is 0 Å². The first-order valence-corrected chi connectivity index (χ1v) is 8.75. The van der Waals surface area contributed by atoms with Crippen LogP contribution >= 0.6 is 11.6 Å². The van der Waals surface area contributed by atoms with E-state index in [1.165, 1.54) is 5.56 Å². The molecule has 26 heavy (non-hydrogen) atoms. The molecule has 1 N–H and O–H groups in total. The molecule has 3 aromatic rings. The standard InChI is InChI=1S/C19H21ClN4O2/c1-3-25-18-8-16(10-23-24-12-21-22-13-24)17(20)9-19(18)26-11-15-6-4-5-14(2)7-15/h4-9,12-13,23H,3,10-11H2,1-2H3. The van der Waals surface area contributed by atoms with Crippen LogP contribution in [0.25, 0.3) is 0 Å². The largest absolute Gasteiger partial charge is 0.490 e. The number of nitrogens with one attached hydrogen (secondary N) is 1. The highest BCUT2D eigenvalue weighted by Gasteiger charge is 2.12. The maximum Gasteiger partial charge on any atom is 0.163 e.